The van der Waals surface area contributed by atoms with E-state index in [1.807, 2.05) is 31.3 Å². The first kappa shape index (κ1) is 15.8. The summed E-state index contributed by atoms with van der Waals surface area (Å²) >= 11 is 0. The van der Waals surface area contributed by atoms with Crippen molar-refractivity contribution in [1.29, 1.82) is 0 Å². The first-order valence-electron chi connectivity index (χ1n) is 7.86. The molecule has 2 N–H and O–H groups in total. The number of hydrogen-bond donors (Lipinski definition) is 2. The number of carboxylic acids is 1. The lowest BCUT2D eigenvalue weighted by Gasteiger charge is -2.15. The van der Waals surface area contributed by atoms with Gasteiger partial charge >= 0.3 is 5.97 Å². The second-order valence-corrected chi connectivity index (χ2v) is 6.20. The van der Waals surface area contributed by atoms with Crippen LogP contribution in [0.1, 0.15) is 31.7 Å². The van der Waals surface area contributed by atoms with Crippen LogP contribution in [0.4, 0.5) is 14.5 Å². The molecule has 1 aliphatic carbocycles. The van der Waals surface area contributed by atoms with Crippen molar-refractivity contribution in [1.82, 2.24) is 4.57 Å². The van der Waals surface area contributed by atoms with Crippen molar-refractivity contribution in [2.45, 2.75) is 51.1 Å². The predicted octanol–water partition coefficient (Wildman–Crippen LogP) is 3.89. The van der Waals surface area contributed by atoms with E-state index < -0.39 is 11.9 Å². The minimum atomic E-state index is -2.57. The molecule has 1 unspecified atom stereocenters. The van der Waals surface area contributed by atoms with Gasteiger partial charge in [0.15, 0.2) is 0 Å². The highest BCUT2D eigenvalue weighted by molar-refractivity contribution is 5.88. The molecule has 1 fully saturated rings. The minimum absolute atomic E-state index is 0.0674. The van der Waals surface area contributed by atoms with E-state index in [2.05, 4.69) is 5.32 Å². The third kappa shape index (κ3) is 3.30. The van der Waals surface area contributed by atoms with Crippen LogP contribution >= 0.6 is 0 Å². The van der Waals surface area contributed by atoms with Crippen LogP contribution in [0.15, 0.2) is 24.4 Å². The van der Waals surface area contributed by atoms with Crippen molar-refractivity contribution in [3.63, 3.8) is 0 Å². The van der Waals surface area contributed by atoms with Crippen LogP contribution in [-0.2, 0) is 17.8 Å². The third-order valence-electron chi connectivity index (χ3n) is 4.42. The maximum atomic E-state index is 13.3. The second-order valence-electron chi connectivity index (χ2n) is 6.20. The van der Waals surface area contributed by atoms with E-state index in [9.17, 15) is 13.6 Å². The van der Waals surface area contributed by atoms with Crippen molar-refractivity contribution in [3.05, 3.63) is 30.0 Å². The molecule has 124 valence electrons. The second kappa shape index (κ2) is 5.83. The summed E-state index contributed by atoms with van der Waals surface area (Å²) in [6, 6.07) is 5.40. The molecule has 1 aromatic heterocycles. The Morgan fingerprint density at radius 2 is 2.26 bits per heavy atom. The number of aliphatic carboxylic acids is 1. The monoisotopic (exact) mass is 322 g/mol. The van der Waals surface area contributed by atoms with Gasteiger partial charge in [0.05, 0.1) is 0 Å². The van der Waals surface area contributed by atoms with Gasteiger partial charge in [0, 0.05) is 41.7 Å². The molecule has 0 spiro atoms. The maximum Gasteiger partial charge on any atom is 0.323 e. The quantitative estimate of drug-likeness (QED) is 0.878. The van der Waals surface area contributed by atoms with Gasteiger partial charge in [-0.1, -0.05) is 6.92 Å². The van der Waals surface area contributed by atoms with Crippen molar-refractivity contribution < 1.29 is 18.7 Å². The highest BCUT2D eigenvalue weighted by atomic mass is 19.3. The average Bonchev–Trinajstić information content (AvgIpc) is 2.98. The van der Waals surface area contributed by atoms with Gasteiger partial charge in [-0.05, 0) is 36.6 Å². The molecule has 23 heavy (non-hydrogen) atoms. The van der Waals surface area contributed by atoms with Crippen molar-refractivity contribution >= 4 is 22.6 Å². The number of carbonyl (C=O) groups is 1. The van der Waals surface area contributed by atoms with Gasteiger partial charge in [0.1, 0.15) is 6.54 Å². The number of nitrogens with one attached hydrogen (secondary N) is 1. The lowest BCUT2D eigenvalue weighted by atomic mass is 10.1. The summed E-state index contributed by atoms with van der Waals surface area (Å²) in [4.78, 5) is 11.0. The van der Waals surface area contributed by atoms with E-state index in [0.717, 1.165) is 28.6 Å². The number of hydrogen-bond acceptors (Lipinski definition) is 2. The molecule has 1 atom stereocenters. The first-order chi connectivity index (χ1) is 10.9. The number of halogens is 2. The molecule has 2 aromatic rings. The number of fused-ring (bicyclic) bond motifs is 1. The predicted molar refractivity (Wildman–Crippen MR) is 85.2 cm³/mol. The number of anilines is 1. The number of rotatable bonds is 5. The Morgan fingerprint density at radius 3 is 2.87 bits per heavy atom. The topological polar surface area (TPSA) is 54.3 Å². The van der Waals surface area contributed by atoms with Crippen LogP contribution in [0.3, 0.4) is 0 Å². The Labute approximate surface area is 133 Å². The highest BCUT2D eigenvalue weighted by Gasteiger charge is 2.39. The molecule has 0 saturated heterocycles. The van der Waals surface area contributed by atoms with E-state index >= 15 is 0 Å². The number of benzene rings is 1. The molecule has 0 radical (unpaired) electrons. The van der Waals surface area contributed by atoms with Crippen molar-refractivity contribution in [2.24, 2.45) is 0 Å². The first-order valence-corrected chi connectivity index (χ1v) is 7.86. The molecule has 1 aromatic carbocycles. The SMILES string of the molecule is CCc1cn(CC(=O)O)c2ccc(NC3CCC(F)(F)C3)cc12. The number of nitrogens with zero attached hydrogens (tertiary/aromatic N) is 1. The number of alkyl halides is 2. The van der Waals surface area contributed by atoms with Crippen LogP contribution < -0.4 is 5.32 Å². The Balaban J connectivity index is 1.88. The normalized spacial score (nSPS) is 20.0. The molecule has 0 amide bonds. The fraction of sp³-hybridized carbons (Fsp3) is 0.471. The van der Waals surface area contributed by atoms with Crippen LogP contribution in [0, 0.1) is 0 Å². The van der Waals surface area contributed by atoms with Gasteiger partial charge in [-0.3, -0.25) is 4.79 Å². The Kier molecular flexibility index (Phi) is 4.00. The molecule has 0 aliphatic heterocycles. The lowest BCUT2D eigenvalue weighted by Crippen LogP contribution is -2.19. The molecule has 1 saturated carbocycles. The molecule has 1 aliphatic rings. The zero-order valence-electron chi connectivity index (χ0n) is 13.0. The van der Waals surface area contributed by atoms with Gasteiger partial charge in [-0.2, -0.15) is 0 Å². The summed E-state index contributed by atoms with van der Waals surface area (Å²) in [5.74, 6) is -3.46. The summed E-state index contributed by atoms with van der Waals surface area (Å²) in [5.41, 5.74) is 2.72. The molecule has 3 rings (SSSR count). The van der Waals surface area contributed by atoms with Crippen LogP contribution in [-0.4, -0.2) is 27.6 Å². The summed E-state index contributed by atoms with van der Waals surface area (Å²) < 4.78 is 28.3. The third-order valence-corrected chi connectivity index (χ3v) is 4.42. The van der Waals surface area contributed by atoms with Gasteiger partial charge in [0.25, 0.3) is 0 Å². The van der Waals surface area contributed by atoms with Gasteiger partial charge in [0.2, 0.25) is 5.92 Å². The summed E-state index contributed by atoms with van der Waals surface area (Å²) in [7, 11) is 0. The maximum absolute atomic E-state index is 13.3. The van der Waals surface area contributed by atoms with Gasteiger partial charge in [-0.25, -0.2) is 8.78 Å². The number of aryl methyl sites for hydroxylation is 1. The number of carboxylic acid groups (broad SMARTS) is 1. The number of aromatic nitrogens is 1. The lowest BCUT2D eigenvalue weighted by molar-refractivity contribution is -0.137. The van der Waals surface area contributed by atoms with Crippen molar-refractivity contribution in [3.8, 4) is 0 Å². The fourth-order valence-electron chi connectivity index (χ4n) is 3.33. The molecular weight excluding hydrogens is 302 g/mol. The zero-order valence-corrected chi connectivity index (χ0v) is 13.0. The van der Waals surface area contributed by atoms with E-state index in [1.165, 1.54) is 0 Å². The van der Waals surface area contributed by atoms with Crippen LogP contribution in [0.5, 0.6) is 0 Å². The summed E-state index contributed by atoms with van der Waals surface area (Å²) in [6.07, 6.45) is 2.90. The average molecular weight is 322 g/mol. The molecule has 1 heterocycles. The molecule has 0 bridgehead atoms. The fourth-order valence-corrected chi connectivity index (χ4v) is 3.33. The van der Waals surface area contributed by atoms with E-state index in [-0.39, 0.29) is 25.4 Å². The largest absolute Gasteiger partial charge is 0.480 e. The van der Waals surface area contributed by atoms with E-state index in [0.29, 0.717) is 6.42 Å². The highest BCUT2D eigenvalue weighted by Crippen LogP contribution is 2.36. The molecular formula is C17H20F2N2O2. The Bertz CT molecular complexity index is 740. The molecule has 6 heteroatoms. The summed E-state index contributed by atoms with van der Waals surface area (Å²) in [6.45, 7) is 1.93. The van der Waals surface area contributed by atoms with Crippen LogP contribution in [0.25, 0.3) is 10.9 Å². The Morgan fingerprint density at radius 1 is 1.48 bits per heavy atom. The molecule has 4 nitrogen and oxygen atoms in total. The van der Waals surface area contributed by atoms with Gasteiger partial charge in [-0.15, -0.1) is 0 Å². The minimum Gasteiger partial charge on any atom is -0.480 e. The van der Waals surface area contributed by atoms with E-state index in [4.69, 9.17) is 5.11 Å². The van der Waals surface area contributed by atoms with Crippen molar-refractivity contribution in [2.75, 3.05) is 5.32 Å². The zero-order chi connectivity index (χ0) is 16.6. The smallest absolute Gasteiger partial charge is 0.323 e. The summed E-state index contributed by atoms with van der Waals surface area (Å²) in [5, 5.41) is 13.2. The standard InChI is InChI=1S/C17H20F2N2O2/c1-2-11-9-21(10-16(22)23)15-4-3-12(7-14(11)15)20-13-5-6-17(18,19)8-13/h3-4,7,9,13,20H,2,5-6,8,10H2,1H3,(H,22,23). The van der Waals surface area contributed by atoms with Crippen LogP contribution in [0.2, 0.25) is 0 Å². The Hall–Kier alpha value is -2.11. The van der Waals surface area contributed by atoms with Gasteiger partial charge < -0.3 is 15.0 Å². The van der Waals surface area contributed by atoms with E-state index in [1.54, 1.807) is 4.57 Å².